The number of hydrogen-bond acceptors (Lipinski definition) is 6. The molecule has 1 unspecified atom stereocenters. The van der Waals surface area contributed by atoms with Gasteiger partial charge in [0.2, 0.25) is 11.8 Å². The Labute approximate surface area is 199 Å². The molecular weight excluding hydrogens is 464 g/mol. The molecule has 3 atom stereocenters. The monoisotopic (exact) mass is 491 g/mol. The summed E-state index contributed by atoms with van der Waals surface area (Å²) in [4.78, 5) is 52.3. The predicted octanol–water partition coefficient (Wildman–Crippen LogP) is 0.861. The number of carboxylic acid groups (broad SMARTS) is 1. The lowest BCUT2D eigenvalue weighted by Crippen LogP contribution is -2.73. The van der Waals surface area contributed by atoms with Crippen LogP contribution in [0.1, 0.15) is 31.1 Å². The fraction of sp³-hybridized carbons (Fsp3) is 0.545. The lowest BCUT2D eigenvalue weighted by Gasteiger charge is -2.58. The molecule has 0 aromatic carbocycles. The molecule has 6 heterocycles. The molecule has 4 saturated heterocycles. The molecule has 6 rings (SSSR count). The van der Waals surface area contributed by atoms with Gasteiger partial charge >= 0.3 is 5.97 Å². The summed E-state index contributed by atoms with van der Waals surface area (Å²) in [5.74, 6) is -2.01. The molecule has 176 valence electrons. The molecule has 5 aliphatic heterocycles. The zero-order chi connectivity index (χ0) is 23.5. The Morgan fingerprint density at radius 3 is 2.48 bits per heavy atom. The Morgan fingerprint density at radius 2 is 1.94 bits per heavy atom. The number of hydrogen-bond donors (Lipinski definition) is 3. The van der Waals surface area contributed by atoms with E-state index in [1.807, 2.05) is 24.4 Å². The molecular formula is C22H27N4O5S2+. The van der Waals surface area contributed by atoms with Crippen molar-refractivity contribution in [3.05, 3.63) is 33.8 Å². The van der Waals surface area contributed by atoms with E-state index in [0.717, 1.165) is 10.6 Å². The van der Waals surface area contributed by atoms with Gasteiger partial charge in [-0.25, -0.2) is 4.79 Å². The quantitative estimate of drug-likeness (QED) is 0.400. The van der Waals surface area contributed by atoms with E-state index in [4.69, 9.17) is 5.73 Å². The second kappa shape index (κ2) is 7.85. The summed E-state index contributed by atoms with van der Waals surface area (Å²) in [7, 11) is 0. The van der Waals surface area contributed by atoms with Gasteiger partial charge in [-0.1, -0.05) is 6.07 Å². The van der Waals surface area contributed by atoms with Gasteiger partial charge in [0.05, 0.1) is 36.7 Å². The number of carbonyl (C=O) groups is 4. The van der Waals surface area contributed by atoms with Crippen LogP contribution in [-0.2, 0) is 25.6 Å². The van der Waals surface area contributed by atoms with Crippen LogP contribution in [0.4, 0.5) is 0 Å². The standard InChI is InChI=1S/C22H26N4O5S2/c1-12-17(26-7-4-22(5-8-26,6-9-26)21(23)31)16(20(29)30)25-18(28)15(19(25)33-12)24-14(27)11-13-3-2-10-32-13/h2-3,10,12,15,19H,4-9,11H2,1H3,(H3-,23,24,27,29,30,31)/p+1/t12?,15-,19-,22?,26?/m1/s1. The first-order valence-corrected chi connectivity index (χ1v) is 12.9. The van der Waals surface area contributed by atoms with E-state index in [1.165, 1.54) is 28.0 Å². The number of quaternary nitrogens is 1. The molecule has 11 heteroatoms. The molecule has 4 N–H and O–H groups in total. The minimum atomic E-state index is -1.12. The second-order valence-electron chi connectivity index (χ2n) is 9.43. The number of thiophene rings is 1. The van der Waals surface area contributed by atoms with Crippen molar-refractivity contribution in [2.24, 2.45) is 11.1 Å². The highest BCUT2D eigenvalue weighted by atomic mass is 32.2. The maximum atomic E-state index is 13.1. The SMILES string of the molecule is CC1S[C@@H]2[C@H](NC(=O)Cc3cccs3)C(=O)N2C(C(=O)O)=C1[N+]12CCC(C(N)=O)(CC1)CC2. The van der Waals surface area contributed by atoms with Crippen molar-refractivity contribution < 1.29 is 28.8 Å². The van der Waals surface area contributed by atoms with E-state index in [1.54, 1.807) is 0 Å². The second-order valence-corrected chi connectivity index (χ2v) is 11.9. The minimum Gasteiger partial charge on any atom is -0.476 e. The Bertz CT molecular complexity index is 1040. The third-order valence-corrected chi connectivity index (χ3v) is 10.0. The van der Waals surface area contributed by atoms with Crippen LogP contribution in [-0.4, -0.2) is 74.5 Å². The van der Waals surface area contributed by atoms with E-state index in [9.17, 15) is 24.3 Å². The molecule has 4 fully saturated rings. The Hall–Kier alpha value is -2.37. The number of carbonyl (C=O) groups excluding carboxylic acids is 3. The molecule has 9 nitrogen and oxygen atoms in total. The zero-order valence-corrected chi connectivity index (χ0v) is 19.9. The number of nitrogens with zero attached hydrogens (tertiary/aromatic N) is 2. The van der Waals surface area contributed by atoms with E-state index in [0.29, 0.717) is 43.4 Å². The smallest absolute Gasteiger partial charge is 0.358 e. The number of thioether (sulfide) groups is 1. The highest BCUT2D eigenvalue weighted by Gasteiger charge is 2.62. The fourth-order valence-corrected chi connectivity index (χ4v) is 8.17. The van der Waals surface area contributed by atoms with Crippen molar-refractivity contribution in [1.29, 1.82) is 0 Å². The van der Waals surface area contributed by atoms with Crippen LogP contribution in [0.25, 0.3) is 0 Å². The number of piperidine rings is 3. The van der Waals surface area contributed by atoms with E-state index >= 15 is 0 Å². The van der Waals surface area contributed by atoms with Crippen LogP contribution < -0.4 is 11.1 Å². The van der Waals surface area contributed by atoms with Gasteiger partial charge < -0.3 is 16.2 Å². The average Bonchev–Trinajstić information content (AvgIpc) is 3.30. The Balaban J connectivity index is 1.40. The Kier molecular flexibility index (Phi) is 5.33. The van der Waals surface area contributed by atoms with E-state index in [-0.39, 0.29) is 35.1 Å². The van der Waals surface area contributed by atoms with Gasteiger partial charge in [0, 0.05) is 24.1 Å². The first-order valence-electron chi connectivity index (χ1n) is 11.1. The van der Waals surface area contributed by atoms with Crippen LogP contribution in [0.3, 0.4) is 0 Å². The molecule has 33 heavy (non-hydrogen) atoms. The summed E-state index contributed by atoms with van der Waals surface area (Å²) in [6, 6.07) is 3.01. The number of aliphatic carboxylic acids is 1. The number of nitrogens with one attached hydrogen (secondary N) is 1. The maximum Gasteiger partial charge on any atom is 0.358 e. The number of primary amides is 1. The molecule has 2 bridgehead atoms. The number of carboxylic acids is 1. The fourth-order valence-electron chi connectivity index (χ4n) is 5.91. The summed E-state index contributed by atoms with van der Waals surface area (Å²) in [6.07, 6.45) is 2.10. The van der Waals surface area contributed by atoms with E-state index in [2.05, 4.69) is 5.32 Å². The predicted molar refractivity (Wildman–Crippen MR) is 123 cm³/mol. The molecule has 0 spiro atoms. The summed E-state index contributed by atoms with van der Waals surface area (Å²) < 4.78 is 0.497. The summed E-state index contributed by atoms with van der Waals surface area (Å²) in [5.41, 5.74) is 6.00. The van der Waals surface area contributed by atoms with Crippen LogP contribution in [0.15, 0.2) is 28.9 Å². The summed E-state index contributed by atoms with van der Waals surface area (Å²) >= 11 is 3.00. The zero-order valence-electron chi connectivity index (χ0n) is 18.3. The highest BCUT2D eigenvalue weighted by molar-refractivity contribution is 8.00. The van der Waals surface area contributed by atoms with Gasteiger partial charge in [0.25, 0.3) is 5.91 Å². The normalized spacial score (nSPS) is 35.1. The van der Waals surface area contributed by atoms with Crippen molar-refractivity contribution >= 4 is 46.8 Å². The molecule has 3 amide bonds. The topological polar surface area (TPSA) is 130 Å². The van der Waals surface area contributed by atoms with Crippen LogP contribution in [0, 0.1) is 5.41 Å². The largest absolute Gasteiger partial charge is 0.476 e. The van der Waals surface area contributed by atoms with Gasteiger partial charge in [-0.3, -0.25) is 23.8 Å². The first-order chi connectivity index (χ1) is 15.7. The number of rotatable bonds is 6. The molecule has 1 aromatic heterocycles. The van der Waals surface area contributed by atoms with Gasteiger partial charge in [-0.05, 0) is 18.4 Å². The number of amides is 3. The van der Waals surface area contributed by atoms with Gasteiger partial charge in [-0.2, -0.15) is 0 Å². The lowest BCUT2D eigenvalue weighted by molar-refractivity contribution is -0.911. The Morgan fingerprint density at radius 1 is 1.27 bits per heavy atom. The minimum absolute atomic E-state index is 0.0495. The third-order valence-electron chi connectivity index (χ3n) is 7.78. The first kappa shape index (κ1) is 22.4. The molecule has 5 aliphatic rings. The van der Waals surface area contributed by atoms with Crippen molar-refractivity contribution in [2.45, 2.75) is 49.3 Å². The van der Waals surface area contributed by atoms with Crippen molar-refractivity contribution in [3.8, 4) is 0 Å². The van der Waals surface area contributed by atoms with Gasteiger partial charge in [0.1, 0.15) is 11.4 Å². The van der Waals surface area contributed by atoms with Crippen LogP contribution >= 0.6 is 23.1 Å². The number of β-lactam (4-membered cyclic amide) rings is 1. The van der Waals surface area contributed by atoms with Crippen LogP contribution in [0.5, 0.6) is 0 Å². The van der Waals surface area contributed by atoms with Crippen molar-refractivity contribution in [3.63, 3.8) is 0 Å². The highest BCUT2D eigenvalue weighted by Crippen LogP contribution is 2.52. The van der Waals surface area contributed by atoms with Crippen LogP contribution in [0.2, 0.25) is 0 Å². The molecule has 0 aliphatic carbocycles. The average molecular weight is 492 g/mol. The molecule has 1 aromatic rings. The van der Waals surface area contributed by atoms with Crippen molar-refractivity contribution in [2.75, 3.05) is 19.6 Å². The number of nitrogens with two attached hydrogens (primary N) is 1. The lowest BCUT2D eigenvalue weighted by atomic mass is 9.69. The summed E-state index contributed by atoms with van der Waals surface area (Å²) in [5, 5.41) is 14.3. The third kappa shape index (κ3) is 3.39. The van der Waals surface area contributed by atoms with Gasteiger partial charge in [-0.15, -0.1) is 23.1 Å². The maximum absolute atomic E-state index is 13.1. The molecule has 0 radical (unpaired) electrons. The number of fused-ring (bicyclic) bond motifs is 4. The van der Waals surface area contributed by atoms with Crippen molar-refractivity contribution in [1.82, 2.24) is 10.2 Å². The van der Waals surface area contributed by atoms with E-state index < -0.39 is 22.8 Å². The van der Waals surface area contributed by atoms with Gasteiger partial charge in [0.15, 0.2) is 11.4 Å². The molecule has 0 saturated carbocycles. The summed E-state index contributed by atoms with van der Waals surface area (Å²) in [6.45, 7) is 3.92.